The highest BCUT2D eigenvalue weighted by atomic mass is 16.6. The number of nitrogens with one attached hydrogen (secondary N) is 2. The number of imidazole rings is 1. The lowest BCUT2D eigenvalue weighted by molar-refractivity contribution is -0.125. The molecule has 1 aliphatic rings. The van der Waals surface area contributed by atoms with Crippen molar-refractivity contribution in [3.8, 4) is 5.95 Å². The van der Waals surface area contributed by atoms with Gasteiger partial charge in [-0.15, -0.1) is 0 Å². The lowest BCUT2D eigenvalue weighted by atomic mass is 10.1. The van der Waals surface area contributed by atoms with E-state index in [1.165, 1.54) is 42.1 Å². The Kier molecular flexibility index (Phi) is 7.11. The van der Waals surface area contributed by atoms with Gasteiger partial charge in [0.05, 0.1) is 24.7 Å². The highest BCUT2D eigenvalue weighted by Gasteiger charge is 2.44. The van der Waals surface area contributed by atoms with Crippen LogP contribution in [-0.4, -0.2) is 108 Å². The summed E-state index contributed by atoms with van der Waals surface area (Å²) in [4.78, 5) is 52.3. The normalized spacial score (nSPS) is 22.7. The van der Waals surface area contributed by atoms with E-state index in [2.05, 4.69) is 35.7 Å². The molecule has 1 saturated heterocycles. The summed E-state index contributed by atoms with van der Waals surface area (Å²) in [5.41, 5.74) is 0.443. The molecule has 4 heterocycles. The molecule has 4 rings (SSSR count). The number of aliphatic hydroxyl groups excluding tert-OH is 3. The molecule has 0 spiro atoms. The number of nitrogens with zero attached hydrogens (tertiary/aromatic N) is 7. The number of hydrogen-bond donors (Lipinski definition) is 5. The average Bonchev–Trinajstić information content (AvgIpc) is 3.62. The van der Waals surface area contributed by atoms with Crippen LogP contribution in [0, 0.1) is 5.92 Å². The van der Waals surface area contributed by atoms with Crippen LogP contribution >= 0.6 is 0 Å². The van der Waals surface area contributed by atoms with Crippen LogP contribution in [0.15, 0.2) is 23.7 Å². The molecular weight excluding hydrogens is 478 g/mol. The van der Waals surface area contributed by atoms with Crippen molar-refractivity contribution in [3.63, 3.8) is 0 Å². The van der Waals surface area contributed by atoms with E-state index >= 15 is 0 Å². The van der Waals surface area contributed by atoms with Crippen molar-refractivity contribution in [2.75, 3.05) is 20.7 Å². The summed E-state index contributed by atoms with van der Waals surface area (Å²) in [5, 5.41) is 39.0. The van der Waals surface area contributed by atoms with Crippen molar-refractivity contribution in [3.05, 3.63) is 24.3 Å². The highest BCUT2D eigenvalue weighted by molar-refractivity contribution is 6.07. The summed E-state index contributed by atoms with van der Waals surface area (Å²) in [5.74, 6) is -2.28. The van der Waals surface area contributed by atoms with Gasteiger partial charge in [0.2, 0.25) is 5.91 Å². The van der Waals surface area contributed by atoms with Gasteiger partial charge >= 0.3 is 0 Å². The van der Waals surface area contributed by atoms with Crippen molar-refractivity contribution in [1.29, 1.82) is 0 Å². The van der Waals surface area contributed by atoms with Gasteiger partial charge in [-0.1, -0.05) is 0 Å². The number of fused-ring (bicyclic) bond motifs is 1. The zero-order chi connectivity index (χ0) is 26.0. The Morgan fingerprint density at radius 3 is 2.67 bits per heavy atom. The van der Waals surface area contributed by atoms with Crippen LogP contribution in [0.25, 0.3) is 17.1 Å². The standard InChI is InChI=1S/C20H23N9O7/c1-21-17(34)9-4-25-29(5-9)20-26-15(23-3-10(6-30)18(35)22-2)12-16(27-20)28(8-24-12)19-14(33)13(32)11(7-31)36-19/h3-6,8,10-11,13-14,19,31-33H,7H2,1-2H3,(H,21,34)(H,22,35)/t10?,11-,13-,14-,19-/m1/s1. The maximum absolute atomic E-state index is 12.0. The lowest BCUT2D eigenvalue weighted by Gasteiger charge is -2.16. The molecule has 0 aliphatic carbocycles. The van der Waals surface area contributed by atoms with Crippen molar-refractivity contribution in [2.24, 2.45) is 10.9 Å². The first-order valence-electron chi connectivity index (χ1n) is 10.7. The number of rotatable bonds is 8. The highest BCUT2D eigenvalue weighted by Crippen LogP contribution is 2.33. The smallest absolute Gasteiger partial charge is 0.254 e. The first kappa shape index (κ1) is 25.0. The molecule has 0 saturated carbocycles. The quantitative estimate of drug-likeness (QED) is 0.121. The lowest BCUT2D eigenvalue weighted by Crippen LogP contribution is -2.33. The van der Waals surface area contributed by atoms with Crippen LogP contribution in [0.4, 0.5) is 5.82 Å². The molecule has 0 radical (unpaired) electrons. The van der Waals surface area contributed by atoms with Gasteiger partial charge in [-0.05, 0) is 0 Å². The van der Waals surface area contributed by atoms with Gasteiger partial charge in [0.25, 0.3) is 11.9 Å². The maximum Gasteiger partial charge on any atom is 0.254 e. The fraction of sp³-hybridized carbons (Fsp3) is 0.400. The molecule has 5 N–H and O–H groups in total. The van der Waals surface area contributed by atoms with E-state index in [1.54, 1.807) is 0 Å². The number of aliphatic imine (C=N–C) groups is 1. The van der Waals surface area contributed by atoms with Crippen LogP contribution in [0.1, 0.15) is 16.6 Å². The van der Waals surface area contributed by atoms with E-state index in [4.69, 9.17) is 4.74 Å². The Bertz CT molecular complexity index is 1320. The Morgan fingerprint density at radius 1 is 1.25 bits per heavy atom. The summed E-state index contributed by atoms with van der Waals surface area (Å²) in [7, 11) is 2.84. The van der Waals surface area contributed by atoms with Gasteiger partial charge < -0.3 is 35.5 Å². The first-order chi connectivity index (χ1) is 17.3. The SMILES string of the molecule is CNC(=O)c1cnn(-c2nc(N=CC(C=O)C(=O)NC)c3ncn([C@@H]4O[C@H](CO)[C@@H](O)[C@H]4O)c3n2)c1. The van der Waals surface area contributed by atoms with E-state index in [-0.39, 0.29) is 28.5 Å². The molecule has 3 aromatic rings. The molecule has 0 bridgehead atoms. The Morgan fingerprint density at radius 2 is 2.03 bits per heavy atom. The fourth-order valence-electron chi connectivity index (χ4n) is 3.55. The van der Waals surface area contributed by atoms with Crippen molar-refractivity contribution in [1.82, 2.24) is 39.9 Å². The van der Waals surface area contributed by atoms with Crippen molar-refractivity contribution >= 4 is 41.3 Å². The number of aldehydes is 1. The topological polar surface area (TPSA) is 219 Å². The molecule has 5 atom stereocenters. The molecular formula is C20H23N9O7. The van der Waals surface area contributed by atoms with Gasteiger partial charge in [-0.25, -0.2) is 14.7 Å². The number of carbonyl (C=O) groups excluding carboxylic acids is 3. The van der Waals surface area contributed by atoms with E-state index in [0.717, 1.165) is 6.21 Å². The van der Waals surface area contributed by atoms with Crippen LogP contribution in [0.2, 0.25) is 0 Å². The molecule has 1 fully saturated rings. The molecule has 1 unspecified atom stereocenters. The summed E-state index contributed by atoms with van der Waals surface area (Å²) in [6, 6.07) is 0. The van der Waals surface area contributed by atoms with Gasteiger partial charge in [0, 0.05) is 26.5 Å². The second-order valence-electron chi connectivity index (χ2n) is 7.71. The maximum atomic E-state index is 12.0. The zero-order valence-electron chi connectivity index (χ0n) is 19.1. The third-order valence-electron chi connectivity index (χ3n) is 5.51. The first-order valence-corrected chi connectivity index (χ1v) is 10.7. The largest absolute Gasteiger partial charge is 0.394 e. The van der Waals surface area contributed by atoms with Crippen molar-refractivity contribution in [2.45, 2.75) is 24.5 Å². The summed E-state index contributed by atoms with van der Waals surface area (Å²) >= 11 is 0. The molecule has 3 aromatic heterocycles. The second kappa shape index (κ2) is 10.2. The van der Waals surface area contributed by atoms with E-state index in [0.29, 0.717) is 6.29 Å². The molecule has 16 heteroatoms. The monoisotopic (exact) mass is 501 g/mol. The summed E-state index contributed by atoms with van der Waals surface area (Å²) in [6.45, 7) is -0.529. The average molecular weight is 501 g/mol. The number of ether oxygens (including phenoxy) is 1. The Balaban J connectivity index is 1.84. The Hall–Kier alpha value is -4.12. The second-order valence-corrected chi connectivity index (χ2v) is 7.71. The molecule has 16 nitrogen and oxygen atoms in total. The van der Waals surface area contributed by atoms with Crippen LogP contribution in [-0.2, 0) is 14.3 Å². The van der Waals surface area contributed by atoms with E-state index in [9.17, 15) is 29.7 Å². The predicted octanol–water partition coefficient (Wildman–Crippen LogP) is -2.75. The summed E-state index contributed by atoms with van der Waals surface area (Å²) < 4.78 is 8.11. The van der Waals surface area contributed by atoms with Crippen LogP contribution in [0.3, 0.4) is 0 Å². The third-order valence-corrected chi connectivity index (χ3v) is 5.51. The zero-order valence-corrected chi connectivity index (χ0v) is 19.1. The number of carbonyl (C=O) groups is 3. The number of aromatic nitrogens is 6. The predicted molar refractivity (Wildman–Crippen MR) is 121 cm³/mol. The van der Waals surface area contributed by atoms with E-state index < -0.39 is 48.9 Å². The van der Waals surface area contributed by atoms with Gasteiger partial charge in [-0.3, -0.25) is 14.2 Å². The minimum Gasteiger partial charge on any atom is -0.394 e. The molecule has 0 aromatic carbocycles. The minimum absolute atomic E-state index is 0.0479. The third kappa shape index (κ3) is 4.44. The van der Waals surface area contributed by atoms with Gasteiger partial charge in [-0.2, -0.15) is 15.1 Å². The molecule has 190 valence electrons. The molecule has 1 aliphatic heterocycles. The van der Waals surface area contributed by atoms with Crippen LogP contribution < -0.4 is 10.6 Å². The molecule has 36 heavy (non-hydrogen) atoms. The van der Waals surface area contributed by atoms with Gasteiger partial charge in [0.1, 0.15) is 30.5 Å². The Labute approximate surface area is 202 Å². The van der Waals surface area contributed by atoms with Gasteiger partial charge in [0.15, 0.2) is 23.2 Å². The number of aliphatic hydroxyl groups is 3. The molecule has 2 amide bonds. The fourth-order valence-corrected chi connectivity index (χ4v) is 3.55. The van der Waals surface area contributed by atoms with E-state index in [1.807, 2.05) is 0 Å². The number of amides is 2. The minimum atomic E-state index is -1.41. The van der Waals surface area contributed by atoms with Crippen molar-refractivity contribution < 1.29 is 34.4 Å². The number of hydrogen-bond acceptors (Lipinski definition) is 12. The summed E-state index contributed by atoms with van der Waals surface area (Å²) in [6.07, 6.45) is 0.465. The van der Waals surface area contributed by atoms with Crippen LogP contribution in [0.5, 0.6) is 0 Å².